The number of rotatable bonds is 7. The molecule has 0 amide bonds. The van der Waals surface area contributed by atoms with Crippen LogP contribution in [0.3, 0.4) is 0 Å². The Morgan fingerprint density at radius 2 is 2.11 bits per heavy atom. The predicted molar refractivity (Wildman–Crippen MR) is 109 cm³/mol. The third-order valence-corrected chi connectivity index (χ3v) is 5.22. The SMILES string of the molecule is C=CCn1c(SCC(=O)c2ccc(OC)c(Cl)c2)nc2ccccc2c1=O. The average Bonchev–Trinajstić information content (AvgIpc) is 2.68. The van der Waals surface area contributed by atoms with E-state index in [0.29, 0.717) is 38.9 Å². The van der Waals surface area contributed by atoms with Crippen molar-refractivity contribution in [2.45, 2.75) is 11.7 Å². The highest BCUT2D eigenvalue weighted by Crippen LogP contribution is 2.26. The molecule has 0 saturated heterocycles. The summed E-state index contributed by atoms with van der Waals surface area (Å²) in [5.74, 6) is 0.527. The van der Waals surface area contributed by atoms with Gasteiger partial charge in [0.25, 0.3) is 5.56 Å². The van der Waals surface area contributed by atoms with Gasteiger partial charge in [0.2, 0.25) is 0 Å². The van der Waals surface area contributed by atoms with Crippen LogP contribution in [-0.4, -0.2) is 28.2 Å². The highest BCUT2D eigenvalue weighted by atomic mass is 35.5. The van der Waals surface area contributed by atoms with Crippen LogP contribution in [0.1, 0.15) is 10.4 Å². The van der Waals surface area contributed by atoms with Gasteiger partial charge in [-0.3, -0.25) is 14.2 Å². The molecular weight excluding hydrogens is 384 g/mol. The number of hydrogen-bond acceptors (Lipinski definition) is 5. The molecule has 0 bridgehead atoms. The Labute approximate surface area is 165 Å². The molecule has 0 aliphatic rings. The second-order valence-electron chi connectivity index (χ2n) is 5.68. The van der Waals surface area contributed by atoms with Gasteiger partial charge in [-0.15, -0.1) is 6.58 Å². The van der Waals surface area contributed by atoms with Gasteiger partial charge in [-0.2, -0.15) is 0 Å². The van der Waals surface area contributed by atoms with E-state index >= 15 is 0 Å². The summed E-state index contributed by atoms with van der Waals surface area (Å²) in [4.78, 5) is 29.8. The van der Waals surface area contributed by atoms with Gasteiger partial charge >= 0.3 is 0 Å². The van der Waals surface area contributed by atoms with Gasteiger partial charge < -0.3 is 4.74 Å². The van der Waals surface area contributed by atoms with Crippen LogP contribution in [0.25, 0.3) is 10.9 Å². The summed E-state index contributed by atoms with van der Waals surface area (Å²) in [6.07, 6.45) is 1.63. The monoisotopic (exact) mass is 400 g/mol. The van der Waals surface area contributed by atoms with E-state index in [1.807, 2.05) is 6.07 Å². The van der Waals surface area contributed by atoms with Crippen LogP contribution >= 0.6 is 23.4 Å². The maximum absolute atomic E-state index is 12.7. The van der Waals surface area contributed by atoms with Gasteiger partial charge in [0.05, 0.1) is 28.8 Å². The quantitative estimate of drug-likeness (QED) is 0.257. The standard InChI is InChI=1S/C20H17ClN2O3S/c1-3-10-23-19(25)14-6-4-5-7-16(14)22-20(23)27-12-17(24)13-8-9-18(26-2)15(21)11-13/h3-9,11H,1,10,12H2,2H3. The largest absolute Gasteiger partial charge is 0.495 e. The van der Waals surface area contributed by atoms with Crippen molar-refractivity contribution in [2.24, 2.45) is 0 Å². The van der Waals surface area contributed by atoms with Crippen LogP contribution in [0, 0.1) is 0 Å². The predicted octanol–water partition coefficient (Wildman–Crippen LogP) is 4.22. The number of para-hydroxylation sites is 1. The summed E-state index contributed by atoms with van der Waals surface area (Å²) in [7, 11) is 1.52. The van der Waals surface area contributed by atoms with Crippen molar-refractivity contribution in [3.05, 3.63) is 76.1 Å². The average molecular weight is 401 g/mol. The van der Waals surface area contributed by atoms with E-state index < -0.39 is 0 Å². The van der Waals surface area contributed by atoms with Crippen molar-refractivity contribution in [2.75, 3.05) is 12.9 Å². The first-order valence-corrected chi connectivity index (χ1v) is 9.51. The number of thioether (sulfide) groups is 1. The number of ether oxygens (including phenoxy) is 1. The number of methoxy groups -OCH3 is 1. The molecule has 1 heterocycles. The first-order valence-electron chi connectivity index (χ1n) is 8.15. The number of aromatic nitrogens is 2. The summed E-state index contributed by atoms with van der Waals surface area (Å²) in [6, 6.07) is 12.0. The topological polar surface area (TPSA) is 61.2 Å². The molecule has 1 aromatic heterocycles. The zero-order chi connectivity index (χ0) is 19.4. The molecule has 7 heteroatoms. The summed E-state index contributed by atoms with van der Waals surface area (Å²) in [6.45, 7) is 4.02. The molecule has 0 unspecified atom stereocenters. The van der Waals surface area contributed by atoms with E-state index in [2.05, 4.69) is 11.6 Å². The highest BCUT2D eigenvalue weighted by Gasteiger charge is 2.14. The van der Waals surface area contributed by atoms with Gasteiger partial charge in [-0.1, -0.05) is 41.6 Å². The first kappa shape index (κ1) is 19.2. The van der Waals surface area contributed by atoms with Gasteiger partial charge in [0.15, 0.2) is 10.9 Å². The van der Waals surface area contributed by atoms with Crippen LogP contribution < -0.4 is 10.3 Å². The Bertz CT molecular complexity index is 1080. The summed E-state index contributed by atoms with van der Waals surface area (Å²) >= 11 is 7.31. The van der Waals surface area contributed by atoms with Crippen molar-refractivity contribution in [1.82, 2.24) is 9.55 Å². The second-order valence-corrected chi connectivity index (χ2v) is 7.03. The van der Waals surface area contributed by atoms with Crippen LogP contribution in [0.4, 0.5) is 0 Å². The van der Waals surface area contributed by atoms with Crippen molar-refractivity contribution >= 4 is 40.0 Å². The Kier molecular flexibility index (Phi) is 5.98. The van der Waals surface area contributed by atoms with Gasteiger partial charge in [-0.25, -0.2) is 4.98 Å². The highest BCUT2D eigenvalue weighted by molar-refractivity contribution is 7.99. The van der Waals surface area contributed by atoms with Crippen molar-refractivity contribution in [3.8, 4) is 5.75 Å². The number of carbonyl (C=O) groups is 1. The van der Waals surface area contributed by atoms with E-state index in [1.54, 1.807) is 42.5 Å². The molecule has 0 spiro atoms. The number of carbonyl (C=O) groups excluding carboxylic acids is 1. The number of nitrogens with zero attached hydrogens (tertiary/aromatic N) is 2. The lowest BCUT2D eigenvalue weighted by Crippen LogP contribution is -2.23. The number of benzene rings is 2. The Balaban J connectivity index is 1.88. The molecule has 27 heavy (non-hydrogen) atoms. The van der Waals surface area contributed by atoms with Crippen molar-refractivity contribution in [3.63, 3.8) is 0 Å². The number of fused-ring (bicyclic) bond motifs is 1. The third-order valence-electron chi connectivity index (χ3n) is 3.94. The second kappa shape index (κ2) is 8.41. The van der Waals surface area contributed by atoms with Crippen LogP contribution in [0.15, 0.2) is 65.1 Å². The molecule has 3 rings (SSSR count). The molecule has 0 atom stereocenters. The minimum atomic E-state index is -0.150. The minimum absolute atomic E-state index is 0.114. The zero-order valence-electron chi connectivity index (χ0n) is 14.6. The molecule has 5 nitrogen and oxygen atoms in total. The van der Waals surface area contributed by atoms with Gasteiger partial charge in [0, 0.05) is 12.1 Å². The number of halogens is 1. The van der Waals surface area contributed by atoms with E-state index in [4.69, 9.17) is 16.3 Å². The van der Waals surface area contributed by atoms with Crippen molar-refractivity contribution in [1.29, 1.82) is 0 Å². The maximum Gasteiger partial charge on any atom is 0.262 e. The zero-order valence-corrected chi connectivity index (χ0v) is 16.2. The van der Waals surface area contributed by atoms with Crippen LogP contribution in [-0.2, 0) is 6.54 Å². The van der Waals surface area contributed by atoms with E-state index in [9.17, 15) is 9.59 Å². The summed E-state index contributed by atoms with van der Waals surface area (Å²) < 4.78 is 6.62. The maximum atomic E-state index is 12.7. The molecule has 0 aliphatic heterocycles. The number of allylic oxidation sites excluding steroid dienone is 1. The first-order chi connectivity index (χ1) is 13.0. The van der Waals surface area contributed by atoms with E-state index in [-0.39, 0.29) is 17.1 Å². The lowest BCUT2D eigenvalue weighted by Gasteiger charge is -2.11. The van der Waals surface area contributed by atoms with E-state index in [1.165, 1.54) is 23.4 Å². The smallest absolute Gasteiger partial charge is 0.262 e. The lowest BCUT2D eigenvalue weighted by molar-refractivity contribution is 0.102. The fraction of sp³-hybridized carbons (Fsp3) is 0.150. The lowest BCUT2D eigenvalue weighted by atomic mass is 10.1. The molecular formula is C20H17ClN2O3S. The summed E-state index contributed by atoms with van der Waals surface area (Å²) in [5, 5.41) is 1.39. The van der Waals surface area contributed by atoms with E-state index in [0.717, 1.165) is 0 Å². The van der Waals surface area contributed by atoms with Gasteiger partial charge in [0.1, 0.15) is 5.75 Å². The Morgan fingerprint density at radius 1 is 1.33 bits per heavy atom. The number of Topliss-reactive ketones (excluding diaryl/α,β-unsaturated/α-hetero) is 1. The molecule has 0 fully saturated rings. The molecule has 0 radical (unpaired) electrons. The number of ketones is 1. The number of hydrogen-bond donors (Lipinski definition) is 0. The molecule has 138 valence electrons. The van der Waals surface area contributed by atoms with Crippen LogP contribution in [0.2, 0.25) is 5.02 Å². The molecule has 3 aromatic rings. The van der Waals surface area contributed by atoms with Crippen molar-refractivity contribution < 1.29 is 9.53 Å². The molecule has 0 N–H and O–H groups in total. The van der Waals surface area contributed by atoms with Crippen LogP contribution in [0.5, 0.6) is 5.75 Å². The molecule has 0 aliphatic carbocycles. The molecule has 2 aromatic carbocycles. The summed E-state index contributed by atoms with van der Waals surface area (Å²) in [5.41, 5.74) is 0.930. The van der Waals surface area contributed by atoms with Gasteiger partial charge in [-0.05, 0) is 30.3 Å². The normalized spacial score (nSPS) is 10.7. The minimum Gasteiger partial charge on any atom is -0.495 e. The fourth-order valence-corrected chi connectivity index (χ4v) is 3.76. The Morgan fingerprint density at radius 3 is 2.81 bits per heavy atom. The fourth-order valence-electron chi connectivity index (χ4n) is 2.60. The Hall–Kier alpha value is -2.57. The molecule has 0 saturated carbocycles. The third kappa shape index (κ3) is 4.07.